The van der Waals surface area contributed by atoms with Crippen LogP contribution in [0.4, 0.5) is 5.82 Å². The molecule has 90 valence electrons. The Balaban J connectivity index is 1.99. The molecule has 0 aromatic carbocycles. The Morgan fingerprint density at radius 3 is 3.12 bits per heavy atom. The lowest BCUT2D eigenvalue weighted by molar-refractivity contribution is 0.0551. The zero-order chi connectivity index (χ0) is 11.8. The molecule has 0 bridgehead atoms. The van der Waals surface area contributed by atoms with Gasteiger partial charge < -0.3 is 15.6 Å². The van der Waals surface area contributed by atoms with E-state index in [1.165, 1.54) is 6.33 Å². The number of nitrogens with zero attached hydrogens (tertiary/aromatic N) is 4. The molecule has 1 fully saturated rings. The first-order valence-electron chi connectivity index (χ1n) is 5.45. The number of hydrogen-bond acceptors (Lipinski definition) is 6. The summed E-state index contributed by atoms with van der Waals surface area (Å²) in [5, 5.41) is 9.09. The molecular formula is C10H13N5O2. The number of nitrogens with two attached hydrogens (primary N) is 1. The smallest absolute Gasteiger partial charge is 0.167 e. The normalized spacial score (nSPS) is 24.5. The van der Waals surface area contributed by atoms with Crippen molar-refractivity contribution in [1.82, 2.24) is 19.5 Å². The molecule has 1 saturated heterocycles. The Hall–Kier alpha value is -1.73. The third kappa shape index (κ3) is 1.63. The summed E-state index contributed by atoms with van der Waals surface area (Å²) in [6.07, 6.45) is 3.69. The first kappa shape index (κ1) is 10.4. The van der Waals surface area contributed by atoms with Gasteiger partial charge in [0.05, 0.1) is 12.9 Å². The van der Waals surface area contributed by atoms with E-state index in [-0.39, 0.29) is 18.8 Å². The Morgan fingerprint density at radius 2 is 2.35 bits per heavy atom. The summed E-state index contributed by atoms with van der Waals surface area (Å²) >= 11 is 0. The van der Waals surface area contributed by atoms with E-state index < -0.39 is 0 Å². The fourth-order valence-corrected chi connectivity index (χ4v) is 2.07. The second-order valence-electron chi connectivity index (χ2n) is 4.16. The van der Waals surface area contributed by atoms with Crippen molar-refractivity contribution in [3.8, 4) is 0 Å². The summed E-state index contributed by atoms with van der Waals surface area (Å²) < 4.78 is 7.45. The highest BCUT2D eigenvalue weighted by atomic mass is 16.5. The van der Waals surface area contributed by atoms with E-state index in [4.69, 9.17) is 15.6 Å². The lowest BCUT2D eigenvalue weighted by Crippen LogP contribution is -2.08. The van der Waals surface area contributed by atoms with E-state index >= 15 is 0 Å². The van der Waals surface area contributed by atoms with Crippen LogP contribution < -0.4 is 5.73 Å². The zero-order valence-corrected chi connectivity index (χ0v) is 9.15. The summed E-state index contributed by atoms with van der Waals surface area (Å²) in [4.78, 5) is 12.2. The number of anilines is 1. The molecule has 2 aromatic heterocycles. The van der Waals surface area contributed by atoms with Gasteiger partial charge in [-0.25, -0.2) is 15.0 Å². The van der Waals surface area contributed by atoms with Gasteiger partial charge in [0.15, 0.2) is 11.5 Å². The molecule has 1 unspecified atom stereocenters. The van der Waals surface area contributed by atoms with Crippen molar-refractivity contribution in [3.05, 3.63) is 12.7 Å². The third-order valence-corrected chi connectivity index (χ3v) is 3.01. The number of aliphatic hydroxyl groups is 1. The molecule has 0 saturated carbocycles. The molecule has 3 N–H and O–H groups in total. The van der Waals surface area contributed by atoms with Crippen LogP contribution in [0.5, 0.6) is 0 Å². The second kappa shape index (κ2) is 3.94. The van der Waals surface area contributed by atoms with Crippen LogP contribution in [0.3, 0.4) is 0 Å². The topological polar surface area (TPSA) is 99.1 Å². The van der Waals surface area contributed by atoms with Gasteiger partial charge in [-0.15, -0.1) is 0 Å². The van der Waals surface area contributed by atoms with Crippen LogP contribution in [0.25, 0.3) is 11.2 Å². The average molecular weight is 235 g/mol. The van der Waals surface area contributed by atoms with Gasteiger partial charge in [0.2, 0.25) is 0 Å². The van der Waals surface area contributed by atoms with Crippen LogP contribution >= 0.6 is 0 Å². The number of ether oxygens (including phenoxy) is 1. The molecule has 0 spiro atoms. The number of nitrogen functional groups attached to an aromatic ring is 1. The molecule has 3 rings (SSSR count). The average Bonchev–Trinajstić information content (AvgIpc) is 2.94. The number of rotatable bonds is 2. The summed E-state index contributed by atoms with van der Waals surface area (Å²) in [7, 11) is 0. The van der Waals surface area contributed by atoms with E-state index in [9.17, 15) is 0 Å². The molecule has 0 aliphatic carbocycles. The maximum Gasteiger partial charge on any atom is 0.167 e. The van der Waals surface area contributed by atoms with Crippen molar-refractivity contribution < 1.29 is 9.84 Å². The monoisotopic (exact) mass is 235 g/mol. The molecule has 1 aliphatic heterocycles. The van der Waals surface area contributed by atoms with Gasteiger partial charge in [-0.05, 0) is 6.42 Å². The van der Waals surface area contributed by atoms with Gasteiger partial charge in [0.25, 0.3) is 0 Å². The minimum absolute atomic E-state index is 0.133. The highest BCUT2D eigenvalue weighted by Gasteiger charge is 2.27. The summed E-state index contributed by atoms with van der Waals surface area (Å²) in [6.45, 7) is 0.696. The summed E-state index contributed by atoms with van der Waals surface area (Å²) in [6, 6.07) is 0. The van der Waals surface area contributed by atoms with Crippen molar-refractivity contribution in [2.24, 2.45) is 5.92 Å². The van der Waals surface area contributed by atoms with Gasteiger partial charge in [0, 0.05) is 12.5 Å². The van der Waals surface area contributed by atoms with Gasteiger partial charge in [-0.3, -0.25) is 4.57 Å². The molecule has 3 heterocycles. The lowest BCUT2D eigenvalue weighted by Gasteiger charge is -2.11. The summed E-state index contributed by atoms with van der Waals surface area (Å²) in [5.74, 6) is 0.544. The van der Waals surface area contributed by atoms with Crippen molar-refractivity contribution in [3.63, 3.8) is 0 Å². The maximum atomic E-state index is 9.09. The molecular weight excluding hydrogens is 222 g/mol. The fourth-order valence-electron chi connectivity index (χ4n) is 2.07. The van der Waals surface area contributed by atoms with Crippen LogP contribution in [0.15, 0.2) is 12.7 Å². The molecule has 17 heavy (non-hydrogen) atoms. The largest absolute Gasteiger partial charge is 0.396 e. The first-order valence-corrected chi connectivity index (χ1v) is 5.45. The highest BCUT2D eigenvalue weighted by Crippen LogP contribution is 2.30. The second-order valence-corrected chi connectivity index (χ2v) is 4.16. The molecule has 0 radical (unpaired) electrons. The molecule has 2 atom stereocenters. The number of hydrogen-bond donors (Lipinski definition) is 2. The van der Waals surface area contributed by atoms with E-state index in [1.54, 1.807) is 6.33 Å². The SMILES string of the molecule is Nc1ncnc2c1ncn2[C@@H]1CC(CO)CO1. The highest BCUT2D eigenvalue weighted by molar-refractivity contribution is 5.81. The van der Waals surface area contributed by atoms with Crippen LogP contribution in [0.2, 0.25) is 0 Å². The van der Waals surface area contributed by atoms with E-state index in [2.05, 4.69) is 15.0 Å². The zero-order valence-electron chi connectivity index (χ0n) is 9.15. The number of aliphatic hydroxyl groups excluding tert-OH is 1. The quantitative estimate of drug-likeness (QED) is 0.756. The van der Waals surface area contributed by atoms with Crippen molar-refractivity contribution in [2.75, 3.05) is 18.9 Å². The van der Waals surface area contributed by atoms with Crippen molar-refractivity contribution in [2.45, 2.75) is 12.6 Å². The minimum atomic E-state index is -0.133. The van der Waals surface area contributed by atoms with Crippen LogP contribution in [-0.2, 0) is 4.74 Å². The number of aromatic nitrogens is 4. The van der Waals surface area contributed by atoms with Crippen LogP contribution in [-0.4, -0.2) is 37.8 Å². The Bertz CT molecular complexity index is 540. The molecule has 7 nitrogen and oxygen atoms in total. The molecule has 2 aromatic rings. The number of fused-ring (bicyclic) bond motifs is 1. The third-order valence-electron chi connectivity index (χ3n) is 3.01. The minimum Gasteiger partial charge on any atom is -0.396 e. The lowest BCUT2D eigenvalue weighted by atomic mass is 10.1. The maximum absolute atomic E-state index is 9.09. The van der Waals surface area contributed by atoms with Crippen molar-refractivity contribution >= 4 is 17.0 Å². The number of imidazole rings is 1. The molecule has 1 aliphatic rings. The van der Waals surface area contributed by atoms with Crippen molar-refractivity contribution in [1.29, 1.82) is 0 Å². The van der Waals surface area contributed by atoms with Gasteiger partial charge in [-0.2, -0.15) is 0 Å². The van der Waals surface area contributed by atoms with Gasteiger partial charge in [-0.1, -0.05) is 0 Å². The Labute approximate surface area is 97.3 Å². The van der Waals surface area contributed by atoms with E-state index in [0.29, 0.717) is 23.6 Å². The molecule has 0 amide bonds. The Kier molecular flexibility index (Phi) is 2.41. The standard InChI is InChI=1S/C10H13N5O2/c11-9-8-10(13-4-12-9)15(5-14-8)7-1-6(2-16)3-17-7/h4-7,16H,1-3H2,(H2,11,12,13)/t6?,7-/m0/s1. The predicted octanol–water partition coefficient (Wildman–Crippen LogP) is -0.0641. The Morgan fingerprint density at radius 1 is 1.47 bits per heavy atom. The van der Waals surface area contributed by atoms with E-state index in [1.807, 2.05) is 4.57 Å². The van der Waals surface area contributed by atoms with Gasteiger partial charge >= 0.3 is 0 Å². The molecule has 7 heteroatoms. The van der Waals surface area contributed by atoms with Crippen LogP contribution in [0, 0.1) is 5.92 Å². The van der Waals surface area contributed by atoms with Crippen LogP contribution in [0.1, 0.15) is 12.6 Å². The van der Waals surface area contributed by atoms with Gasteiger partial charge in [0.1, 0.15) is 18.1 Å². The first-order chi connectivity index (χ1) is 8.29. The summed E-state index contributed by atoms with van der Waals surface area (Å²) in [5.41, 5.74) is 6.97. The van der Waals surface area contributed by atoms with E-state index in [0.717, 1.165) is 6.42 Å². The fraction of sp³-hybridized carbons (Fsp3) is 0.500. The predicted molar refractivity (Wildman–Crippen MR) is 59.9 cm³/mol.